The van der Waals surface area contributed by atoms with Gasteiger partial charge in [-0.3, -0.25) is 9.79 Å². The lowest BCUT2D eigenvalue weighted by Crippen LogP contribution is -2.14. The average Bonchev–Trinajstić information content (AvgIpc) is 2.69. The highest BCUT2D eigenvalue weighted by Crippen LogP contribution is 2.24. The summed E-state index contributed by atoms with van der Waals surface area (Å²) in [6.45, 7) is 2.35. The first-order chi connectivity index (χ1) is 13.9. The summed E-state index contributed by atoms with van der Waals surface area (Å²) in [4.78, 5) is 16.3. The summed E-state index contributed by atoms with van der Waals surface area (Å²) >= 11 is 5.91. The molecule has 1 heterocycles. The molecule has 1 aromatic heterocycles. The Labute approximate surface area is 173 Å². The third-order valence-electron chi connectivity index (χ3n) is 4.44. The van der Waals surface area contributed by atoms with Crippen molar-refractivity contribution < 1.29 is 9.13 Å². The van der Waals surface area contributed by atoms with Crippen molar-refractivity contribution in [1.82, 2.24) is 4.57 Å². The quantitative estimate of drug-likeness (QED) is 0.590. The molecule has 5 nitrogen and oxygen atoms in total. The molecule has 0 spiro atoms. The Bertz CT molecular complexity index is 1130. The zero-order valence-electron chi connectivity index (χ0n) is 16.4. The molecule has 0 atom stereocenters. The Morgan fingerprint density at radius 2 is 2.03 bits per heavy atom. The fourth-order valence-electron chi connectivity index (χ4n) is 2.97. The number of pyridine rings is 1. The molecular formula is C22H21ClFN3O2. The van der Waals surface area contributed by atoms with Gasteiger partial charge in [-0.15, -0.1) is 0 Å². The van der Waals surface area contributed by atoms with E-state index in [0.29, 0.717) is 12.4 Å². The summed E-state index contributed by atoms with van der Waals surface area (Å²) in [7, 11) is 3.17. The van der Waals surface area contributed by atoms with Crippen LogP contribution >= 0.6 is 11.6 Å². The molecule has 3 rings (SSSR count). The number of benzene rings is 2. The Kier molecular flexibility index (Phi) is 6.34. The number of halogens is 2. The smallest absolute Gasteiger partial charge is 0.225 e. The number of aryl methyl sites for hydroxylation is 1. The lowest BCUT2D eigenvalue weighted by atomic mass is 10.1. The molecule has 0 aliphatic rings. The van der Waals surface area contributed by atoms with Crippen molar-refractivity contribution in [2.75, 3.05) is 19.5 Å². The van der Waals surface area contributed by atoms with E-state index in [1.807, 2.05) is 29.7 Å². The second-order valence-electron chi connectivity index (χ2n) is 6.55. The SMILES string of the molecule is CN=Cc1ccc(Nc2cc(=O)c(OC)cn2Cc2ccc(F)c(Cl)c2)c(C)c1. The molecule has 3 aromatic rings. The van der Waals surface area contributed by atoms with E-state index in [2.05, 4.69) is 10.3 Å². The van der Waals surface area contributed by atoms with Crippen LogP contribution in [0.2, 0.25) is 5.02 Å². The van der Waals surface area contributed by atoms with Crippen molar-refractivity contribution in [3.8, 4) is 5.75 Å². The van der Waals surface area contributed by atoms with Crippen LogP contribution in [0.25, 0.3) is 0 Å². The fraction of sp³-hybridized carbons (Fsp3) is 0.182. The molecule has 0 unspecified atom stereocenters. The molecule has 2 aromatic carbocycles. The van der Waals surface area contributed by atoms with Crippen molar-refractivity contribution in [1.29, 1.82) is 0 Å². The van der Waals surface area contributed by atoms with Gasteiger partial charge in [-0.2, -0.15) is 0 Å². The van der Waals surface area contributed by atoms with E-state index in [1.165, 1.54) is 19.2 Å². The number of ether oxygens (including phenoxy) is 1. The third-order valence-corrected chi connectivity index (χ3v) is 4.73. The number of nitrogens with one attached hydrogen (secondary N) is 1. The van der Waals surface area contributed by atoms with Gasteiger partial charge in [-0.1, -0.05) is 23.7 Å². The van der Waals surface area contributed by atoms with Crippen molar-refractivity contribution in [3.63, 3.8) is 0 Å². The van der Waals surface area contributed by atoms with Crippen molar-refractivity contribution in [3.05, 3.63) is 86.4 Å². The van der Waals surface area contributed by atoms with Crippen LogP contribution in [0.3, 0.4) is 0 Å². The summed E-state index contributed by atoms with van der Waals surface area (Å²) in [5.41, 5.74) is 3.39. The lowest BCUT2D eigenvalue weighted by molar-refractivity contribution is 0.406. The van der Waals surface area contributed by atoms with Crippen LogP contribution in [0.1, 0.15) is 16.7 Å². The predicted octanol–water partition coefficient (Wildman–Crippen LogP) is 4.80. The summed E-state index contributed by atoms with van der Waals surface area (Å²) < 4.78 is 20.5. The van der Waals surface area contributed by atoms with E-state index < -0.39 is 5.82 Å². The number of hydrogen-bond donors (Lipinski definition) is 1. The summed E-state index contributed by atoms with van der Waals surface area (Å²) in [6.07, 6.45) is 3.40. The molecule has 0 saturated heterocycles. The van der Waals surface area contributed by atoms with Crippen LogP contribution in [-0.2, 0) is 6.54 Å². The maximum atomic E-state index is 13.5. The van der Waals surface area contributed by atoms with Gasteiger partial charge < -0.3 is 14.6 Å². The van der Waals surface area contributed by atoms with Crippen LogP contribution in [0.15, 0.2) is 58.4 Å². The van der Waals surface area contributed by atoms with Gasteiger partial charge in [0.25, 0.3) is 0 Å². The molecule has 0 radical (unpaired) electrons. The molecular weight excluding hydrogens is 393 g/mol. The molecule has 150 valence electrons. The Balaban J connectivity index is 2.00. The average molecular weight is 414 g/mol. The highest BCUT2D eigenvalue weighted by atomic mass is 35.5. The molecule has 1 N–H and O–H groups in total. The van der Waals surface area contributed by atoms with E-state index in [9.17, 15) is 9.18 Å². The minimum Gasteiger partial charge on any atom is -0.491 e. The topological polar surface area (TPSA) is 55.6 Å². The number of anilines is 2. The van der Waals surface area contributed by atoms with Crippen LogP contribution in [0.4, 0.5) is 15.9 Å². The second-order valence-corrected chi connectivity index (χ2v) is 6.96. The normalized spacial score (nSPS) is 11.1. The molecule has 0 saturated carbocycles. The minimum absolute atomic E-state index is 0.0500. The number of methoxy groups -OCH3 is 1. The number of aromatic nitrogens is 1. The minimum atomic E-state index is -0.474. The van der Waals surface area contributed by atoms with Crippen LogP contribution in [0, 0.1) is 12.7 Å². The highest BCUT2D eigenvalue weighted by molar-refractivity contribution is 6.30. The van der Waals surface area contributed by atoms with E-state index in [1.54, 1.807) is 31.6 Å². The summed E-state index contributed by atoms with van der Waals surface area (Å²) in [5, 5.41) is 3.35. The van der Waals surface area contributed by atoms with Gasteiger partial charge in [0, 0.05) is 31.6 Å². The van der Waals surface area contributed by atoms with Crippen LogP contribution < -0.4 is 15.5 Å². The van der Waals surface area contributed by atoms with Gasteiger partial charge in [-0.25, -0.2) is 4.39 Å². The zero-order valence-corrected chi connectivity index (χ0v) is 17.1. The Morgan fingerprint density at radius 1 is 1.24 bits per heavy atom. The van der Waals surface area contributed by atoms with E-state index in [4.69, 9.17) is 16.3 Å². The predicted molar refractivity (Wildman–Crippen MR) is 116 cm³/mol. The van der Waals surface area contributed by atoms with Gasteiger partial charge >= 0.3 is 0 Å². The first-order valence-corrected chi connectivity index (χ1v) is 9.31. The van der Waals surface area contributed by atoms with Crippen molar-refractivity contribution >= 4 is 29.3 Å². The molecule has 7 heteroatoms. The Hall–Kier alpha value is -3.12. The van der Waals surface area contributed by atoms with Gasteiger partial charge in [-0.05, 0) is 47.9 Å². The first-order valence-electron chi connectivity index (χ1n) is 8.93. The number of rotatable bonds is 6. The van der Waals surface area contributed by atoms with Gasteiger partial charge in [0.2, 0.25) is 5.43 Å². The summed E-state index contributed by atoms with van der Waals surface area (Å²) in [5.74, 6) is 0.323. The molecule has 0 fully saturated rings. The van der Waals surface area contributed by atoms with Gasteiger partial charge in [0.15, 0.2) is 5.75 Å². The molecule has 29 heavy (non-hydrogen) atoms. The third kappa shape index (κ3) is 4.84. The largest absolute Gasteiger partial charge is 0.491 e. The van der Waals surface area contributed by atoms with Crippen LogP contribution in [-0.4, -0.2) is 24.9 Å². The van der Waals surface area contributed by atoms with E-state index >= 15 is 0 Å². The van der Waals surface area contributed by atoms with E-state index in [-0.39, 0.29) is 16.2 Å². The van der Waals surface area contributed by atoms with Crippen molar-refractivity contribution in [2.45, 2.75) is 13.5 Å². The molecule has 0 aliphatic heterocycles. The number of hydrogen-bond acceptors (Lipinski definition) is 4. The van der Waals surface area contributed by atoms with Crippen LogP contribution in [0.5, 0.6) is 5.75 Å². The lowest BCUT2D eigenvalue weighted by Gasteiger charge is -2.18. The first kappa shape index (κ1) is 20.6. The van der Waals surface area contributed by atoms with Gasteiger partial charge in [0.05, 0.1) is 18.3 Å². The molecule has 0 bridgehead atoms. The molecule has 0 aliphatic carbocycles. The number of aliphatic imine (C=N–C) groups is 1. The maximum Gasteiger partial charge on any atom is 0.225 e. The Morgan fingerprint density at radius 3 is 2.69 bits per heavy atom. The monoisotopic (exact) mass is 413 g/mol. The van der Waals surface area contributed by atoms with Crippen molar-refractivity contribution in [2.24, 2.45) is 4.99 Å². The maximum absolute atomic E-state index is 13.5. The van der Waals surface area contributed by atoms with E-state index in [0.717, 1.165) is 22.4 Å². The highest BCUT2D eigenvalue weighted by Gasteiger charge is 2.11. The zero-order chi connectivity index (χ0) is 21.0. The molecule has 0 amide bonds. The summed E-state index contributed by atoms with van der Waals surface area (Å²) in [6, 6.07) is 11.9. The number of nitrogens with zero attached hydrogens (tertiary/aromatic N) is 2. The fourth-order valence-corrected chi connectivity index (χ4v) is 3.18. The second kappa shape index (κ2) is 8.92. The standard InChI is InChI=1S/C22H21ClFN3O2/c1-14-8-15(11-25-2)5-7-19(14)26-22-10-20(28)21(29-3)13-27(22)12-16-4-6-18(24)17(23)9-16/h4-11,13,26H,12H2,1-3H3. The van der Waals surface area contributed by atoms with Gasteiger partial charge in [0.1, 0.15) is 11.6 Å².